The molecular weight excluding hydrogens is 990 g/mol. The second kappa shape index (κ2) is 23.4. The van der Waals surface area contributed by atoms with Crippen molar-refractivity contribution >= 4 is 35.7 Å². The van der Waals surface area contributed by atoms with Crippen LogP contribution in [0, 0.1) is 17.8 Å². The zero-order valence-electron chi connectivity index (χ0n) is 44.0. The quantitative estimate of drug-likeness (QED) is 0.0194. The molecular formula is C55H68FN5O15. The van der Waals surface area contributed by atoms with E-state index in [1.54, 1.807) is 39.0 Å². The first kappa shape index (κ1) is 57.2. The predicted molar refractivity (Wildman–Crippen MR) is 270 cm³/mol. The average molecular weight is 1060 g/mol. The number of Topliss-reactive ketones (excluding diaryl/α,β-unsaturated/α-hetero) is 2. The average Bonchev–Trinajstić information content (AvgIpc) is 3.90. The van der Waals surface area contributed by atoms with E-state index < -0.39 is 119 Å². The fraction of sp³-hybridized carbons (Fsp3) is 0.564. The van der Waals surface area contributed by atoms with Crippen LogP contribution in [0.25, 0.3) is 21.6 Å². The molecule has 76 heavy (non-hydrogen) atoms. The molecule has 410 valence electrons. The van der Waals surface area contributed by atoms with Gasteiger partial charge in [0.05, 0.1) is 29.4 Å². The van der Waals surface area contributed by atoms with Crippen molar-refractivity contribution < 1.29 is 76.5 Å². The van der Waals surface area contributed by atoms with Crippen molar-refractivity contribution in [2.45, 2.75) is 146 Å². The highest BCUT2D eigenvalue weighted by atomic mass is 19.1. The first-order chi connectivity index (χ1) is 36.0. The normalized spacial score (nSPS) is 32.9. The Hall–Kier alpha value is -6.48. The molecule has 0 saturated carbocycles. The molecule has 20 nitrogen and oxygen atoms in total. The van der Waals surface area contributed by atoms with Gasteiger partial charge < -0.3 is 53.6 Å². The summed E-state index contributed by atoms with van der Waals surface area (Å²) in [6, 6.07) is 20.8. The Morgan fingerprint density at radius 3 is 2.16 bits per heavy atom. The summed E-state index contributed by atoms with van der Waals surface area (Å²) >= 11 is 0. The van der Waals surface area contributed by atoms with E-state index in [1.807, 2.05) is 48.5 Å². The van der Waals surface area contributed by atoms with Gasteiger partial charge in [0.15, 0.2) is 17.5 Å². The molecule has 0 spiro atoms. The third kappa shape index (κ3) is 11.5. The van der Waals surface area contributed by atoms with Crippen LogP contribution in [0.2, 0.25) is 0 Å². The number of carbonyl (C=O) groups is 6. The van der Waals surface area contributed by atoms with E-state index >= 15 is 4.39 Å². The highest BCUT2D eigenvalue weighted by Crippen LogP contribution is 2.46. The molecule has 7 rings (SSSR count). The Morgan fingerprint density at radius 2 is 1.54 bits per heavy atom. The van der Waals surface area contributed by atoms with E-state index in [4.69, 9.17) is 38.7 Å². The molecule has 0 bridgehead atoms. The number of ether oxygens (including phenoxy) is 7. The summed E-state index contributed by atoms with van der Waals surface area (Å²) in [6.45, 7) is 9.08. The number of esters is 2. The van der Waals surface area contributed by atoms with Crippen LogP contribution in [0.5, 0.6) is 0 Å². The number of alkyl carbamates (subject to hydrolysis) is 1. The number of hydrogen-bond donors (Lipinski definition) is 3. The van der Waals surface area contributed by atoms with E-state index in [1.165, 1.54) is 44.9 Å². The third-order valence-corrected chi connectivity index (χ3v) is 15.6. The van der Waals surface area contributed by atoms with Gasteiger partial charge in [0, 0.05) is 55.2 Å². The first-order valence-corrected chi connectivity index (χ1v) is 25.7. The van der Waals surface area contributed by atoms with E-state index in [2.05, 4.69) is 15.3 Å². The number of fused-ring (bicyclic) bond motifs is 4. The van der Waals surface area contributed by atoms with Gasteiger partial charge in [-0.2, -0.15) is 0 Å². The summed E-state index contributed by atoms with van der Waals surface area (Å²) in [5, 5.41) is 31.0. The number of aliphatic hydroxyl groups is 2. The van der Waals surface area contributed by atoms with Crippen molar-refractivity contribution in [3.05, 3.63) is 106 Å². The maximum atomic E-state index is 17.3. The molecule has 21 heteroatoms. The fourth-order valence-corrected chi connectivity index (χ4v) is 11.5. The van der Waals surface area contributed by atoms with Crippen molar-refractivity contribution in [3.8, 4) is 11.1 Å². The molecule has 3 aromatic carbocycles. The number of methoxy groups -OCH3 is 1. The first-order valence-electron chi connectivity index (χ1n) is 25.7. The highest BCUT2D eigenvalue weighted by Gasteiger charge is 2.63. The summed E-state index contributed by atoms with van der Waals surface area (Å²) < 4.78 is 59.0. The maximum Gasteiger partial charge on any atom is 0.410 e. The van der Waals surface area contributed by atoms with Crippen LogP contribution in [-0.2, 0) is 47.5 Å². The zero-order valence-corrected chi connectivity index (χ0v) is 44.0. The van der Waals surface area contributed by atoms with E-state index in [9.17, 15) is 39.0 Å². The van der Waals surface area contributed by atoms with Gasteiger partial charge in [-0.3, -0.25) is 9.59 Å². The molecule has 3 saturated heterocycles. The standard InChI is InChI=1S/C55H68FN5O15/c1-9-42-54(7)44(61(51(68)76-54)26-18-17-25-58-60-57)32(3)43(62)31(2)28-52(5,70-8)47(33(4)45(63)53(6,56)49(66)73-42)75-55(69)46(64)41(27-35(74-55)29-71-48(65)34-19-11-10-12-20-34)59-50(67)72-30-40-38-23-15-13-21-36(38)37-22-14-16-24-39(37)40/h10-16,19-24,31-33,35,40-42,44,46-47,64,69H,9,17-18,25-30H2,1-8H3,(H,59,67)/t31-,32+,33+,35?,41?,42-,44-,46?,47-,52+,53+,54-,55?/m1/s1. The lowest BCUT2D eigenvalue weighted by Crippen LogP contribution is -2.67. The molecule has 3 N–H and O–H groups in total. The van der Waals surface area contributed by atoms with Crippen molar-refractivity contribution in [1.29, 1.82) is 0 Å². The minimum absolute atomic E-state index is 0.0451. The highest BCUT2D eigenvalue weighted by molar-refractivity contribution is 6.08. The third-order valence-electron chi connectivity index (χ3n) is 15.6. The summed E-state index contributed by atoms with van der Waals surface area (Å²) in [5.41, 5.74) is 5.73. The lowest BCUT2D eigenvalue weighted by molar-refractivity contribution is -0.449. The minimum atomic E-state index is -3.45. The molecule has 0 radical (unpaired) electrons. The Labute approximate surface area is 440 Å². The Morgan fingerprint density at radius 1 is 0.908 bits per heavy atom. The van der Waals surface area contributed by atoms with Gasteiger partial charge in [-0.05, 0) is 86.4 Å². The van der Waals surface area contributed by atoms with Crippen LogP contribution in [0.1, 0.15) is 108 Å². The summed E-state index contributed by atoms with van der Waals surface area (Å²) in [7, 11) is 1.22. The molecule has 1 aliphatic carbocycles. The largest absolute Gasteiger partial charge is 0.459 e. The lowest BCUT2D eigenvalue weighted by atomic mass is 9.73. The molecule has 3 heterocycles. The van der Waals surface area contributed by atoms with Gasteiger partial charge >= 0.3 is 30.1 Å². The topological polar surface area (TPSA) is 272 Å². The molecule has 3 aromatic rings. The second-order valence-corrected chi connectivity index (χ2v) is 20.8. The second-order valence-electron chi connectivity index (χ2n) is 20.8. The summed E-state index contributed by atoms with van der Waals surface area (Å²) in [6.07, 6.45) is -8.61. The number of unbranched alkanes of at least 4 members (excludes halogenated alkanes) is 1. The van der Waals surface area contributed by atoms with Crippen LogP contribution in [-0.4, -0.2) is 144 Å². The van der Waals surface area contributed by atoms with Crippen LogP contribution in [0.4, 0.5) is 14.0 Å². The van der Waals surface area contributed by atoms with Gasteiger partial charge in [0.2, 0.25) is 0 Å². The zero-order chi connectivity index (χ0) is 55.3. The fourth-order valence-electron chi connectivity index (χ4n) is 11.5. The van der Waals surface area contributed by atoms with Crippen molar-refractivity contribution in [2.75, 3.05) is 33.4 Å². The van der Waals surface area contributed by atoms with E-state index in [0.29, 0.717) is 19.8 Å². The van der Waals surface area contributed by atoms with Crippen LogP contribution >= 0.6 is 0 Å². The molecule has 4 unspecified atom stereocenters. The molecule has 4 aliphatic rings. The molecule has 3 aliphatic heterocycles. The number of amides is 2. The van der Waals surface area contributed by atoms with E-state index in [0.717, 1.165) is 22.3 Å². The van der Waals surface area contributed by atoms with Crippen molar-refractivity contribution in [3.63, 3.8) is 0 Å². The maximum absolute atomic E-state index is 17.3. The number of rotatable bonds is 15. The molecule has 13 atom stereocenters. The number of aliphatic hydroxyl groups excluding tert-OH is 1. The molecule has 2 amide bonds. The lowest BCUT2D eigenvalue weighted by Gasteiger charge is -2.49. The molecule has 0 aromatic heterocycles. The van der Waals surface area contributed by atoms with Gasteiger partial charge in [-0.25, -0.2) is 23.6 Å². The number of hydrogen-bond acceptors (Lipinski definition) is 16. The number of cyclic esters (lactones) is 1. The summed E-state index contributed by atoms with van der Waals surface area (Å²) in [4.78, 5) is 88.6. The van der Waals surface area contributed by atoms with Crippen LogP contribution in [0.15, 0.2) is 84.0 Å². The number of halogens is 1. The minimum Gasteiger partial charge on any atom is -0.459 e. The predicted octanol–water partition coefficient (Wildman–Crippen LogP) is 7.51. The number of azide groups is 1. The smallest absolute Gasteiger partial charge is 0.410 e. The number of alkyl halides is 1. The number of ketones is 2. The van der Waals surface area contributed by atoms with Gasteiger partial charge in [0.25, 0.3) is 5.67 Å². The Balaban J connectivity index is 1.21. The monoisotopic (exact) mass is 1060 g/mol. The molecule has 3 fully saturated rings. The number of nitrogens with one attached hydrogen (secondary N) is 1. The van der Waals surface area contributed by atoms with Gasteiger partial charge in [0.1, 0.15) is 31.2 Å². The van der Waals surface area contributed by atoms with Crippen molar-refractivity contribution in [1.82, 2.24) is 10.2 Å². The number of carbonyl (C=O) groups excluding carboxylic acids is 6. The van der Waals surface area contributed by atoms with Gasteiger partial charge in [-0.1, -0.05) is 99.5 Å². The Bertz CT molecular complexity index is 2640. The SMILES string of the molecule is CC[C@H]1OC(=O)[C@@](C)(F)C(=O)[C@H](C)[C@@H](OC2(O)OC(COC(=O)c3ccccc3)CC(NC(=O)OCC3c4ccccc4-c4ccccc43)C2O)[C@@](C)(OC)C[C@@H](C)C(=O)[C@H](C)[C@H]2N(CCCCN=[N+]=[N-])C(=O)O[C@]12C. The van der Waals surface area contributed by atoms with Crippen molar-refractivity contribution in [2.24, 2.45) is 22.9 Å². The van der Waals surface area contributed by atoms with Crippen LogP contribution in [0.3, 0.4) is 0 Å². The van der Waals surface area contributed by atoms with Crippen LogP contribution < -0.4 is 5.32 Å². The van der Waals surface area contributed by atoms with E-state index in [-0.39, 0.29) is 50.4 Å². The Kier molecular flexibility index (Phi) is 17.6. The summed E-state index contributed by atoms with van der Waals surface area (Å²) in [5.74, 6) is -11.7. The number of nitrogens with zero attached hydrogens (tertiary/aromatic N) is 4. The number of benzene rings is 3. The van der Waals surface area contributed by atoms with Gasteiger partial charge in [-0.15, -0.1) is 0 Å².